The average Bonchev–Trinajstić information content (AvgIpc) is 3.41. The molecule has 3 heterocycles. The van der Waals surface area contributed by atoms with Crippen molar-refractivity contribution in [3.63, 3.8) is 0 Å². The van der Waals surface area contributed by atoms with Gasteiger partial charge in [0.05, 0.1) is 29.0 Å². The number of alkyl carbamates (subject to hydrolysis) is 1. The number of hydrogen-bond acceptors (Lipinski definition) is 7. The maximum Gasteiger partial charge on any atom is 0.416 e. The third kappa shape index (κ3) is 6.70. The summed E-state index contributed by atoms with van der Waals surface area (Å²) in [5, 5.41) is 12.8. The Kier molecular flexibility index (Phi) is 8.78. The number of nitriles is 1. The molecule has 1 amide bonds. The van der Waals surface area contributed by atoms with Crippen LogP contribution in [0.1, 0.15) is 42.9 Å². The molecular weight excluding hydrogens is 559 g/mol. The van der Waals surface area contributed by atoms with Crippen LogP contribution in [0, 0.1) is 11.3 Å². The number of likely N-dealkylation sites (tertiary alicyclic amines) is 1. The number of pyridine rings is 1. The molecule has 1 N–H and O–H groups in total. The maximum atomic E-state index is 13.3. The van der Waals surface area contributed by atoms with Crippen molar-refractivity contribution in [1.29, 1.82) is 5.26 Å². The van der Waals surface area contributed by atoms with Gasteiger partial charge in [-0.3, -0.25) is 0 Å². The Morgan fingerprint density at radius 2 is 1.88 bits per heavy atom. The highest BCUT2D eigenvalue weighted by molar-refractivity contribution is 5.71. The summed E-state index contributed by atoms with van der Waals surface area (Å²) < 4.78 is 51.3. The van der Waals surface area contributed by atoms with Crippen molar-refractivity contribution in [2.75, 3.05) is 44.7 Å². The lowest BCUT2D eigenvalue weighted by Gasteiger charge is -2.43. The van der Waals surface area contributed by atoms with E-state index < -0.39 is 23.4 Å². The van der Waals surface area contributed by atoms with Crippen LogP contribution in [0.5, 0.6) is 5.88 Å². The fraction of sp³-hybridized carbons (Fsp3) is 0.406. The predicted octanol–water partition coefficient (Wildman–Crippen LogP) is 5.96. The number of carbonyl (C=O) groups excluding carboxylic acids is 1. The first kappa shape index (κ1) is 30.2. The van der Waals surface area contributed by atoms with Gasteiger partial charge in [-0.25, -0.2) is 9.78 Å². The van der Waals surface area contributed by atoms with Crippen LogP contribution in [0.15, 0.2) is 60.8 Å². The Bertz CT molecular complexity index is 1480. The number of alkyl halides is 3. The number of anilines is 1. The number of ether oxygens (including phenoxy) is 2. The summed E-state index contributed by atoms with van der Waals surface area (Å²) in [5.74, 6) is 0.536. The van der Waals surface area contributed by atoms with Crippen LogP contribution in [0.25, 0.3) is 11.1 Å². The quantitative estimate of drug-likeness (QED) is 0.361. The molecule has 2 aliphatic rings. The number of aromatic nitrogens is 1. The van der Waals surface area contributed by atoms with E-state index in [2.05, 4.69) is 15.2 Å². The minimum absolute atomic E-state index is 0.0361. The Balaban J connectivity index is 1.41. The molecule has 226 valence electrons. The van der Waals surface area contributed by atoms with Gasteiger partial charge < -0.3 is 24.6 Å². The summed E-state index contributed by atoms with van der Waals surface area (Å²) >= 11 is 0. The van der Waals surface area contributed by atoms with Gasteiger partial charge in [-0.15, -0.1) is 0 Å². The fourth-order valence-electron chi connectivity index (χ4n) is 5.89. The van der Waals surface area contributed by atoms with Crippen LogP contribution in [0.4, 0.5) is 23.7 Å². The number of benzene rings is 2. The number of halogens is 3. The molecule has 0 radical (unpaired) electrons. The summed E-state index contributed by atoms with van der Waals surface area (Å²) in [7, 11) is 1.98. The third-order valence-electron chi connectivity index (χ3n) is 8.17. The Morgan fingerprint density at radius 1 is 1.14 bits per heavy atom. The van der Waals surface area contributed by atoms with Crippen LogP contribution in [-0.4, -0.2) is 61.9 Å². The SMILES string of the molecule is CCOc1ncccc1-c1ccc(C2(NC(=O)O[C@@H]3CCN(C)C3)CCN(c3ccc(C(F)(F)F)cc3C#N)CC2)cc1. The molecule has 1 aromatic heterocycles. The van der Waals surface area contributed by atoms with Crippen molar-refractivity contribution in [2.24, 2.45) is 0 Å². The molecule has 2 aromatic carbocycles. The first-order chi connectivity index (χ1) is 20.6. The van der Waals surface area contributed by atoms with Crippen LogP contribution in [-0.2, 0) is 16.5 Å². The van der Waals surface area contributed by atoms with Crippen molar-refractivity contribution in [1.82, 2.24) is 15.2 Å². The van der Waals surface area contributed by atoms with Gasteiger partial charge in [0.15, 0.2) is 0 Å². The Hall–Kier alpha value is -4.30. The van der Waals surface area contributed by atoms with Gasteiger partial charge in [-0.2, -0.15) is 18.4 Å². The zero-order valence-electron chi connectivity index (χ0n) is 24.2. The van der Waals surface area contributed by atoms with Crippen LogP contribution < -0.4 is 15.0 Å². The molecule has 0 saturated carbocycles. The summed E-state index contributed by atoms with van der Waals surface area (Å²) in [6, 6.07) is 16.8. The van der Waals surface area contributed by atoms with E-state index in [4.69, 9.17) is 9.47 Å². The molecule has 5 rings (SSSR count). The second-order valence-electron chi connectivity index (χ2n) is 11.0. The van der Waals surface area contributed by atoms with Gasteiger partial charge in [0.25, 0.3) is 0 Å². The largest absolute Gasteiger partial charge is 0.478 e. The molecule has 43 heavy (non-hydrogen) atoms. The molecule has 0 unspecified atom stereocenters. The van der Waals surface area contributed by atoms with E-state index in [-0.39, 0.29) is 11.7 Å². The molecule has 0 spiro atoms. The van der Waals surface area contributed by atoms with Crippen molar-refractivity contribution in [3.05, 3.63) is 77.5 Å². The molecule has 0 bridgehead atoms. The van der Waals surface area contributed by atoms with Crippen LogP contribution in [0.3, 0.4) is 0 Å². The number of likely N-dealkylation sites (N-methyl/N-ethyl adjacent to an activating group) is 1. The Labute approximate surface area is 249 Å². The second-order valence-corrected chi connectivity index (χ2v) is 11.0. The molecule has 8 nitrogen and oxygen atoms in total. The maximum absolute atomic E-state index is 13.3. The lowest BCUT2D eigenvalue weighted by Crippen LogP contribution is -2.54. The average molecular weight is 594 g/mol. The highest BCUT2D eigenvalue weighted by Gasteiger charge is 2.40. The van der Waals surface area contributed by atoms with Gasteiger partial charge in [0.2, 0.25) is 5.88 Å². The van der Waals surface area contributed by atoms with Crippen molar-refractivity contribution in [3.8, 4) is 23.1 Å². The highest BCUT2D eigenvalue weighted by Crippen LogP contribution is 2.39. The smallest absolute Gasteiger partial charge is 0.416 e. The third-order valence-corrected chi connectivity index (χ3v) is 8.17. The summed E-state index contributed by atoms with van der Waals surface area (Å²) in [6.45, 7) is 4.72. The van der Waals surface area contributed by atoms with Gasteiger partial charge in [0.1, 0.15) is 12.2 Å². The van der Waals surface area contributed by atoms with E-state index in [0.717, 1.165) is 41.8 Å². The second kappa shape index (κ2) is 12.5. The number of nitrogens with one attached hydrogen (secondary N) is 1. The van der Waals surface area contributed by atoms with Crippen molar-refractivity contribution in [2.45, 2.75) is 44.0 Å². The van der Waals surface area contributed by atoms with Gasteiger partial charge in [-0.05, 0) is 74.7 Å². The molecular formula is C32H34F3N5O3. The molecule has 3 aromatic rings. The fourth-order valence-corrected chi connectivity index (χ4v) is 5.89. The van der Waals surface area contributed by atoms with E-state index >= 15 is 0 Å². The van der Waals surface area contributed by atoms with E-state index in [9.17, 15) is 23.2 Å². The summed E-state index contributed by atoms with van der Waals surface area (Å²) in [6.07, 6.45) is -1.89. The zero-order valence-corrected chi connectivity index (χ0v) is 24.2. The van der Waals surface area contributed by atoms with E-state index in [0.29, 0.717) is 50.7 Å². The van der Waals surface area contributed by atoms with Gasteiger partial charge >= 0.3 is 12.3 Å². The first-order valence-corrected chi connectivity index (χ1v) is 14.3. The number of carbonyl (C=O) groups is 1. The molecule has 0 aliphatic carbocycles. The van der Waals surface area contributed by atoms with E-state index in [1.807, 2.05) is 61.3 Å². The monoisotopic (exact) mass is 593 g/mol. The topological polar surface area (TPSA) is 90.7 Å². The zero-order chi connectivity index (χ0) is 30.6. The van der Waals surface area contributed by atoms with E-state index in [1.54, 1.807) is 6.20 Å². The lowest BCUT2D eigenvalue weighted by atomic mass is 9.80. The molecule has 1 atom stereocenters. The van der Waals surface area contributed by atoms with E-state index in [1.165, 1.54) is 6.07 Å². The van der Waals surface area contributed by atoms with Crippen molar-refractivity contribution < 1.29 is 27.4 Å². The Morgan fingerprint density at radius 3 is 2.51 bits per heavy atom. The number of piperidine rings is 1. The first-order valence-electron chi connectivity index (χ1n) is 14.3. The highest BCUT2D eigenvalue weighted by atomic mass is 19.4. The predicted molar refractivity (Wildman–Crippen MR) is 156 cm³/mol. The van der Waals surface area contributed by atoms with Gasteiger partial charge in [0, 0.05) is 37.9 Å². The molecule has 11 heteroatoms. The number of amides is 1. The lowest BCUT2D eigenvalue weighted by molar-refractivity contribution is -0.137. The van der Waals surface area contributed by atoms with Crippen LogP contribution >= 0.6 is 0 Å². The minimum atomic E-state index is -4.54. The number of hydrogen-bond donors (Lipinski definition) is 1. The summed E-state index contributed by atoms with van der Waals surface area (Å²) in [5.41, 5.74) is 1.40. The van der Waals surface area contributed by atoms with Crippen LogP contribution in [0.2, 0.25) is 0 Å². The molecule has 2 fully saturated rings. The molecule has 2 aliphatic heterocycles. The number of rotatable bonds is 7. The number of nitrogens with zero attached hydrogens (tertiary/aromatic N) is 4. The normalized spacial score (nSPS) is 18.6. The van der Waals surface area contributed by atoms with Crippen molar-refractivity contribution >= 4 is 11.8 Å². The standard InChI is InChI=1S/C32H34F3N5O3/c1-3-42-29-27(5-4-15-37-29)22-6-8-24(9-7-22)31(38-30(41)43-26-12-16-39(2)21-26)13-17-40(18-14-31)28-11-10-25(32(33,34)35)19-23(28)20-36/h4-11,15,19,26H,3,12-14,16-18,21H2,1-2H3,(H,38,41)/t26-/m1/s1. The molecule has 2 saturated heterocycles. The minimum Gasteiger partial charge on any atom is -0.478 e. The summed E-state index contributed by atoms with van der Waals surface area (Å²) in [4.78, 5) is 21.6. The van der Waals surface area contributed by atoms with Gasteiger partial charge in [-0.1, -0.05) is 24.3 Å².